The van der Waals surface area contributed by atoms with Crippen LogP contribution in [0.1, 0.15) is 21.5 Å². The quantitative estimate of drug-likeness (QED) is 0.369. The van der Waals surface area contributed by atoms with E-state index in [1.54, 1.807) is 24.1 Å². The minimum absolute atomic E-state index is 0.0347. The zero-order valence-corrected chi connectivity index (χ0v) is 27.0. The fourth-order valence-electron chi connectivity index (χ4n) is 5.39. The molecule has 238 valence electrons. The van der Waals surface area contributed by atoms with Gasteiger partial charge in [0.25, 0.3) is 5.91 Å². The number of carbonyl (C=O) groups excluding carboxylic acids is 3. The smallest absolute Gasteiger partial charge is 0.322 e. The Morgan fingerprint density at radius 3 is 1.98 bits per heavy atom. The molecule has 5 rings (SSSR count). The first kappa shape index (κ1) is 32.4. The van der Waals surface area contributed by atoms with Gasteiger partial charge in [0, 0.05) is 70.2 Å². The molecular formula is C33H38Cl2N6O4. The van der Waals surface area contributed by atoms with Crippen LogP contribution in [0.3, 0.4) is 0 Å². The summed E-state index contributed by atoms with van der Waals surface area (Å²) < 4.78 is 5.17. The number of carbonyl (C=O) groups is 3. The molecule has 4 amide bonds. The average Bonchev–Trinajstić information content (AvgIpc) is 3.06. The van der Waals surface area contributed by atoms with Gasteiger partial charge in [-0.2, -0.15) is 0 Å². The van der Waals surface area contributed by atoms with Gasteiger partial charge in [-0.15, -0.1) is 0 Å². The molecule has 0 saturated carbocycles. The third-order valence-corrected chi connectivity index (χ3v) is 8.81. The van der Waals surface area contributed by atoms with Crippen molar-refractivity contribution in [1.29, 1.82) is 0 Å². The minimum atomic E-state index is -0.288. The number of benzene rings is 3. The molecule has 3 aromatic carbocycles. The van der Waals surface area contributed by atoms with E-state index in [1.807, 2.05) is 60.5 Å². The number of piperazine rings is 2. The van der Waals surface area contributed by atoms with Crippen LogP contribution >= 0.6 is 23.2 Å². The zero-order chi connectivity index (χ0) is 31.9. The third-order valence-electron chi connectivity index (χ3n) is 8.22. The summed E-state index contributed by atoms with van der Waals surface area (Å²) in [4.78, 5) is 46.4. The van der Waals surface area contributed by atoms with E-state index in [0.29, 0.717) is 72.7 Å². The van der Waals surface area contributed by atoms with Crippen LogP contribution in [0.2, 0.25) is 10.0 Å². The number of rotatable bonds is 8. The van der Waals surface area contributed by atoms with E-state index in [1.165, 1.54) is 0 Å². The normalized spacial score (nSPS) is 15.5. The van der Waals surface area contributed by atoms with E-state index in [-0.39, 0.29) is 24.3 Å². The lowest BCUT2D eigenvalue weighted by molar-refractivity contribution is -0.132. The predicted octanol–water partition coefficient (Wildman–Crippen LogP) is 4.60. The number of methoxy groups -OCH3 is 1. The number of hydrogen-bond acceptors (Lipinski definition) is 6. The van der Waals surface area contributed by atoms with Gasteiger partial charge in [-0.05, 0) is 66.7 Å². The number of likely N-dealkylation sites (N-methyl/N-ethyl adjacent to an activating group) is 1. The SMILES string of the molecule is COc1ccc(CNC(=O)c2ccc(N3CCN(C(=O)Nc4c(Cl)cc(CC(=O)N5CCN(C)CC5)cc4Cl)CC3)cc2)cc1. The number of nitrogens with zero attached hydrogens (tertiary/aromatic N) is 4. The minimum Gasteiger partial charge on any atom is -0.497 e. The molecule has 0 atom stereocenters. The number of amides is 4. The van der Waals surface area contributed by atoms with Gasteiger partial charge < -0.3 is 35.0 Å². The summed E-state index contributed by atoms with van der Waals surface area (Å²) in [5.41, 5.74) is 3.59. The van der Waals surface area contributed by atoms with Crippen molar-refractivity contribution < 1.29 is 19.1 Å². The van der Waals surface area contributed by atoms with Gasteiger partial charge in [-0.3, -0.25) is 9.59 Å². The molecule has 2 aliphatic rings. The van der Waals surface area contributed by atoms with Gasteiger partial charge >= 0.3 is 6.03 Å². The number of urea groups is 1. The van der Waals surface area contributed by atoms with Crippen molar-refractivity contribution in [3.63, 3.8) is 0 Å². The van der Waals surface area contributed by atoms with Crippen LogP contribution in [0.25, 0.3) is 0 Å². The van der Waals surface area contributed by atoms with Gasteiger partial charge in [-0.1, -0.05) is 35.3 Å². The predicted molar refractivity (Wildman–Crippen MR) is 178 cm³/mol. The molecule has 45 heavy (non-hydrogen) atoms. The Labute approximate surface area is 273 Å². The van der Waals surface area contributed by atoms with Crippen molar-refractivity contribution >= 4 is 52.4 Å². The van der Waals surface area contributed by atoms with Crippen molar-refractivity contribution in [2.45, 2.75) is 13.0 Å². The topological polar surface area (TPSA) is 97.5 Å². The summed E-state index contributed by atoms with van der Waals surface area (Å²) >= 11 is 13.0. The molecular weight excluding hydrogens is 615 g/mol. The summed E-state index contributed by atoms with van der Waals surface area (Å²) in [5, 5.41) is 6.39. The first-order chi connectivity index (χ1) is 21.7. The number of nitrogens with one attached hydrogen (secondary N) is 2. The van der Waals surface area contributed by atoms with E-state index in [4.69, 9.17) is 27.9 Å². The first-order valence-corrected chi connectivity index (χ1v) is 15.7. The molecule has 2 saturated heterocycles. The number of halogens is 2. The maximum Gasteiger partial charge on any atom is 0.322 e. The maximum absolute atomic E-state index is 13.1. The van der Waals surface area contributed by atoms with Crippen molar-refractivity contribution in [2.24, 2.45) is 0 Å². The lowest BCUT2D eigenvalue weighted by atomic mass is 10.1. The lowest BCUT2D eigenvalue weighted by Crippen LogP contribution is -2.50. The van der Waals surface area contributed by atoms with E-state index < -0.39 is 0 Å². The van der Waals surface area contributed by atoms with Gasteiger partial charge in [0.1, 0.15) is 5.75 Å². The van der Waals surface area contributed by atoms with Gasteiger partial charge in [0.15, 0.2) is 0 Å². The average molecular weight is 654 g/mol. The summed E-state index contributed by atoms with van der Waals surface area (Å²) in [6.45, 7) is 5.79. The lowest BCUT2D eigenvalue weighted by Gasteiger charge is -2.36. The molecule has 0 spiro atoms. The Balaban J connectivity index is 1.09. The second-order valence-corrected chi connectivity index (χ2v) is 12.1. The van der Waals surface area contributed by atoms with Crippen LogP contribution in [0, 0.1) is 0 Å². The maximum atomic E-state index is 13.1. The Morgan fingerprint density at radius 2 is 1.38 bits per heavy atom. The molecule has 0 bridgehead atoms. The van der Waals surface area contributed by atoms with E-state index in [9.17, 15) is 14.4 Å². The molecule has 0 aliphatic carbocycles. The van der Waals surface area contributed by atoms with Gasteiger partial charge in [-0.25, -0.2) is 4.79 Å². The van der Waals surface area contributed by atoms with Crippen LogP contribution in [0.4, 0.5) is 16.2 Å². The van der Waals surface area contributed by atoms with Crippen molar-refractivity contribution in [3.05, 3.63) is 87.4 Å². The van der Waals surface area contributed by atoms with Crippen LogP contribution in [-0.4, -0.2) is 99.1 Å². The molecule has 2 fully saturated rings. The molecule has 0 radical (unpaired) electrons. The number of anilines is 2. The largest absolute Gasteiger partial charge is 0.497 e. The van der Waals surface area contributed by atoms with Crippen molar-refractivity contribution in [2.75, 3.05) is 76.7 Å². The molecule has 0 unspecified atom stereocenters. The highest BCUT2D eigenvalue weighted by Gasteiger charge is 2.24. The fraction of sp³-hybridized carbons (Fsp3) is 0.364. The molecule has 0 aromatic heterocycles. The molecule has 2 aliphatic heterocycles. The van der Waals surface area contributed by atoms with E-state index >= 15 is 0 Å². The van der Waals surface area contributed by atoms with E-state index in [0.717, 1.165) is 30.1 Å². The summed E-state index contributed by atoms with van der Waals surface area (Å²) in [5.74, 6) is 0.659. The standard InChI is InChI=1S/C33H38Cl2N6O4/c1-38-11-13-40(14-12-38)30(42)21-24-19-28(34)31(29(35)20-24)37-33(44)41-17-15-39(16-18-41)26-7-5-25(6-8-26)32(43)36-22-23-3-9-27(45-2)10-4-23/h3-10,19-20H,11-18,21-22H2,1-2H3,(H,36,43)(H,37,44). The Hall–Kier alpha value is -3.99. The number of hydrogen-bond donors (Lipinski definition) is 2. The third kappa shape index (κ3) is 8.39. The highest BCUT2D eigenvalue weighted by Crippen LogP contribution is 2.33. The molecule has 12 heteroatoms. The molecule has 10 nitrogen and oxygen atoms in total. The van der Waals surface area contributed by atoms with Crippen LogP contribution in [-0.2, 0) is 17.8 Å². The Morgan fingerprint density at radius 1 is 0.778 bits per heavy atom. The van der Waals surface area contributed by atoms with Crippen LogP contribution < -0.4 is 20.3 Å². The Kier molecular flexibility index (Phi) is 10.7. The van der Waals surface area contributed by atoms with Crippen LogP contribution in [0.5, 0.6) is 5.75 Å². The fourth-order valence-corrected chi connectivity index (χ4v) is 6.02. The first-order valence-electron chi connectivity index (χ1n) is 15.0. The summed E-state index contributed by atoms with van der Waals surface area (Å²) in [7, 11) is 3.66. The van der Waals surface area contributed by atoms with Crippen molar-refractivity contribution in [3.8, 4) is 5.75 Å². The Bertz CT molecular complexity index is 1480. The van der Waals surface area contributed by atoms with Crippen LogP contribution in [0.15, 0.2) is 60.7 Å². The molecule has 2 heterocycles. The molecule has 3 aromatic rings. The highest BCUT2D eigenvalue weighted by molar-refractivity contribution is 6.39. The zero-order valence-electron chi connectivity index (χ0n) is 25.5. The summed E-state index contributed by atoms with van der Waals surface area (Å²) in [6.07, 6.45) is 0.203. The monoisotopic (exact) mass is 652 g/mol. The number of ether oxygens (including phenoxy) is 1. The van der Waals surface area contributed by atoms with Gasteiger partial charge in [0.2, 0.25) is 5.91 Å². The summed E-state index contributed by atoms with van der Waals surface area (Å²) in [6, 6.07) is 18.1. The van der Waals surface area contributed by atoms with E-state index in [2.05, 4.69) is 20.4 Å². The highest BCUT2D eigenvalue weighted by atomic mass is 35.5. The van der Waals surface area contributed by atoms with Crippen molar-refractivity contribution in [1.82, 2.24) is 20.0 Å². The second kappa shape index (κ2) is 14.9. The molecule has 2 N–H and O–H groups in total. The second-order valence-electron chi connectivity index (χ2n) is 11.3. The van der Waals surface area contributed by atoms with Gasteiger partial charge in [0.05, 0.1) is 29.3 Å².